The summed E-state index contributed by atoms with van der Waals surface area (Å²) >= 11 is 1.41. The third-order valence-corrected chi connectivity index (χ3v) is 4.13. The summed E-state index contributed by atoms with van der Waals surface area (Å²) in [5.41, 5.74) is 6.42. The minimum Gasteiger partial charge on any atom is -0.397 e. The van der Waals surface area contributed by atoms with Gasteiger partial charge in [0.2, 0.25) is 0 Å². The molecule has 0 fully saturated rings. The van der Waals surface area contributed by atoms with Crippen LogP contribution in [0, 0.1) is 0 Å². The van der Waals surface area contributed by atoms with Gasteiger partial charge in [0.15, 0.2) is 0 Å². The van der Waals surface area contributed by atoms with Gasteiger partial charge in [-0.1, -0.05) is 13.8 Å². The molecule has 1 aromatic heterocycles. The zero-order chi connectivity index (χ0) is 15.0. The van der Waals surface area contributed by atoms with E-state index in [4.69, 9.17) is 5.73 Å². The number of amides is 1. The molecule has 1 aromatic rings. The number of rotatable bonds is 9. The van der Waals surface area contributed by atoms with Gasteiger partial charge in [0.1, 0.15) is 4.88 Å². The predicted octanol–water partition coefficient (Wildman–Crippen LogP) is 2.22. The van der Waals surface area contributed by atoms with Crippen molar-refractivity contribution < 1.29 is 4.79 Å². The molecule has 4 N–H and O–H groups in total. The van der Waals surface area contributed by atoms with Crippen molar-refractivity contribution in [1.82, 2.24) is 10.2 Å². The van der Waals surface area contributed by atoms with Gasteiger partial charge in [0.25, 0.3) is 5.91 Å². The van der Waals surface area contributed by atoms with Gasteiger partial charge in [0, 0.05) is 19.6 Å². The summed E-state index contributed by atoms with van der Waals surface area (Å²) in [5, 5.41) is 7.07. The Kier molecular flexibility index (Phi) is 7.40. The average Bonchev–Trinajstić information content (AvgIpc) is 2.79. The first kappa shape index (κ1) is 16.8. The first-order valence-corrected chi connectivity index (χ1v) is 8.07. The smallest absolute Gasteiger partial charge is 0.263 e. The van der Waals surface area contributed by atoms with Gasteiger partial charge < -0.3 is 21.3 Å². The van der Waals surface area contributed by atoms with E-state index in [1.807, 2.05) is 13.0 Å². The molecule has 0 atom stereocenters. The predicted molar refractivity (Wildman–Crippen MR) is 87.6 cm³/mol. The molecule has 6 heteroatoms. The Labute approximate surface area is 125 Å². The van der Waals surface area contributed by atoms with Crippen LogP contribution >= 0.6 is 11.3 Å². The Bertz CT molecular complexity index is 419. The van der Waals surface area contributed by atoms with Crippen LogP contribution in [0.5, 0.6) is 0 Å². The second-order valence-corrected chi connectivity index (χ2v) is 5.67. The number of anilines is 2. The number of hydrogen-bond acceptors (Lipinski definition) is 5. The highest BCUT2D eigenvalue weighted by Crippen LogP contribution is 2.28. The minimum atomic E-state index is -0.0933. The maximum Gasteiger partial charge on any atom is 0.263 e. The molecule has 0 aliphatic heterocycles. The highest BCUT2D eigenvalue weighted by molar-refractivity contribution is 7.18. The van der Waals surface area contributed by atoms with Crippen molar-refractivity contribution in [3.63, 3.8) is 0 Å². The third-order valence-electron chi connectivity index (χ3n) is 3.02. The molecule has 0 aliphatic rings. The Morgan fingerprint density at radius 3 is 2.70 bits per heavy atom. The Balaban J connectivity index is 2.49. The number of nitrogen functional groups attached to an aromatic ring is 1. The van der Waals surface area contributed by atoms with Gasteiger partial charge in [-0.2, -0.15) is 0 Å². The van der Waals surface area contributed by atoms with Crippen LogP contribution in [-0.4, -0.2) is 43.5 Å². The highest BCUT2D eigenvalue weighted by Gasteiger charge is 2.13. The third kappa shape index (κ3) is 5.02. The van der Waals surface area contributed by atoms with E-state index in [9.17, 15) is 4.79 Å². The standard InChI is InChI=1S/C14H26N4OS/c1-4-8-18(6-3)9-7-17-12-10-11(15)13(20-12)14(19)16-5-2/h10,17H,4-9,15H2,1-3H3,(H,16,19). The van der Waals surface area contributed by atoms with Crippen LogP contribution in [-0.2, 0) is 0 Å². The van der Waals surface area contributed by atoms with Crippen LogP contribution in [0.3, 0.4) is 0 Å². The maximum absolute atomic E-state index is 11.8. The van der Waals surface area contributed by atoms with Crippen molar-refractivity contribution in [2.45, 2.75) is 27.2 Å². The molecule has 20 heavy (non-hydrogen) atoms. The molecule has 114 valence electrons. The molecule has 0 aliphatic carbocycles. The molecule has 0 bridgehead atoms. The molecule has 0 spiro atoms. The number of nitrogens with two attached hydrogens (primary N) is 1. The average molecular weight is 298 g/mol. The fraction of sp³-hybridized carbons (Fsp3) is 0.643. The van der Waals surface area contributed by atoms with Crippen LogP contribution in [0.4, 0.5) is 10.7 Å². The lowest BCUT2D eigenvalue weighted by molar-refractivity contribution is 0.0960. The summed E-state index contributed by atoms with van der Waals surface area (Å²) < 4.78 is 0. The van der Waals surface area contributed by atoms with E-state index in [2.05, 4.69) is 29.4 Å². The van der Waals surface area contributed by atoms with E-state index in [1.54, 1.807) is 0 Å². The summed E-state index contributed by atoms with van der Waals surface area (Å²) in [6.45, 7) is 10.9. The van der Waals surface area contributed by atoms with Crippen molar-refractivity contribution in [3.8, 4) is 0 Å². The van der Waals surface area contributed by atoms with Gasteiger partial charge in [-0.15, -0.1) is 11.3 Å². The normalized spacial score (nSPS) is 10.8. The maximum atomic E-state index is 11.8. The van der Waals surface area contributed by atoms with Gasteiger partial charge in [0.05, 0.1) is 10.7 Å². The van der Waals surface area contributed by atoms with Crippen molar-refractivity contribution in [2.75, 3.05) is 43.8 Å². The lowest BCUT2D eigenvalue weighted by atomic mass is 10.3. The molecule has 5 nitrogen and oxygen atoms in total. The lowest BCUT2D eigenvalue weighted by Gasteiger charge is -2.19. The monoisotopic (exact) mass is 298 g/mol. The first-order valence-electron chi connectivity index (χ1n) is 7.26. The molecule has 0 saturated carbocycles. The van der Waals surface area contributed by atoms with Crippen molar-refractivity contribution in [3.05, 3.63) is 10.9 Å². The number of carbonyl (C=O) groups excluding carboxylic acids is 1. The summed E-state index contributed by atoms with van der Waals surface area (Å²) in [6, 6.07) is 1.84. The fourth-order valence-electron chi connectivity index (χ4n) is 1.99. The van der Waals surface area contributed by atoms with Crippen LogP contribution in [0.1, 0.15) is 36.9 Å². The second-order valence-electron chi connectivity index (χ2n) is 4.62. The van der Waals surface area contributed by atoms with E-state index >= 15 is 0 Å². The largest absolute Gasteiger partial charge is 0.397 e. The van der Waals surface area contributed by atoms with E-state index in [1.165, 1.54) is 17.8 Å². The lowest BCUT2D eigenvalue weighted by Crippen LogP contribution is -2.29. The summed E-state index contributed by atoms with van der Waals surface area (Å²) in [6.07, 6.45) is 1.17. The Hall–Kier alpha value is -1.27. The van der Waals surface area contributed by atoms with E-state index in [0.29, 0.717) is 17.1 Å². The Morgan fingerprint density at radius 1 is 1.35 bits per heavy atom. The summed E-state index contributed by atoms with van der Waals surface area (Å²) in [5.74, 6) is -0.0933. The van der Waals surface area contributed by atoms with E-state index in [-0.39, 0.29) is 5.91 Å². The van der Waals surface area contributed by atoms with Crippen LogP contribution in [0.15, 0.2) is 6.07 Å². The number of thiophene rings is 1. The minimum absolute atomic E-state index is 0.0933. The van der Waals surface area contributed by atoms with Gasteiger partial charge in [-0.25, -0.2) is 0 Å². The summed E-state index contributed by atoms with van der Waals surface area (Å²) in [4.78, 5) is 14.8. The molecule has 1 rings (SSSR count). The molecular formula is C14H26N4OS. The second kappa shape index (κ2) is 8.81. The number of carbonyl (C=O) groups is 1. The molecule has 1 heterocycles. The molecule has 0 aromatic carbocycles. The van der Waals surface area contributed by atoms with Gasteiger partial charge in [-0.3, -0.25) is 4.79 Å². The SMILES string of the molecule is CCCN(CC)CCNc1cc(N)c(C(=O)NCC)s1. The Morgan fingerprint density at radius 2 is 2.10 bits per heavy atom. The molecule has 1 amide bonds. The van der Waals surface area contributed by atoms with Gasteiger partial charge in [-0.05, 0) is 32.5 Å². The van der Waals surface area contributed by atoms with Crippen molar-refractivity contribution in [2.24, 2.45) is 0 Å². The zero-order valence-electron chi connectivity index (χ0n) is 12.7. The first-order chi connectivity index (χ1) is 9.62. The molecule has 0 saturated heterocycles. The number of nitrogens with one attached hydrogen (secondary N) is 2. The summed E-state index contributed by atoms with van der Waals surface area (Å²) in [7, 11) is 0. The highest BCUT2D eigenvalue weighted by atomic mass is 32.1. The fourth-order valence-corrected chi connectivity index (χ4v) is 2.91. The number of hydrogen-bond donors (Lipinski definition) is 3. The quantitative estimate of drug-likeness (QED) is 0.654. The van der Waals surface area contributed by atoms with Crippen LogP contribution in [0.25, 0.3) is 0 Å². The van der Waals surface area contributed by atoms with Crippen molar-refractivity contribution in [1.29, 1.82) is 0 Å². The zero-order valence-corrected chi connectivity index (χ0v) is 13.5. The van der Waals surface area contributed by atoms with Gasteiger partial charge >= 0.3 is 0 Å². The number of nitrogens with zero attached hydrogens (tertiary/aromatic N) is 1. The molecule has 0 unspecified atom stereocenters. The molecule has 0 radical (unpaired) electrons. The van der Waals surface area contributed by atoms with E-state index < -0.39 is 0 Å². The van der Waals surface area contributed by atoms with E-state index in [0.717, 1.165) is 31.2 Å². The topological polar surface area (TPSA) is 70.4 Å². The molecular weight excluding hydrogens is 272 g/mol. The van der Waals surface area contributed by atoms with Crippen LogP contribution < -0.4 is 16.4 Å². The van der Waals surface area contributed by atoms with Crippen molar-refractivity contribution >= 4 is 27.9 Å². The number of likely N-dealkylation sites (N-methyl/N-ethyl adjacent to an activating group) is 1. The van der Waals surface area contributed by atoms with Crippen LogP contribution in [0.2, 0.25) is 0 Å².